The van der Waals surface area contributed by atoms with Crippen LogP contribution in [0.25, 0.3) is 5.57 Å². The normalized spacial score (nSPS) is 20.4. The lowest BCUT2D eigenvalue weighted by molar-refractivity contribution is -0.146. The molecule has 0 saturated heterocycles. The van der Waals surface area contributed by atoms with Crippen LogP contribution in [0.15, 0.2) is 17.9 Å². The average Bonchev–Trinajstić information content (AvgIpc) is 2.98. The molecule has 2 N–H and O–H groups in total. The fourth-order valence-electron chi connectivity index (χ4n) is 3.64. The number of rotatable bonds is 2. The number of carbonyl (C=O) groups is 1. The van der Waals surface area contributed by atoms with Crippen molar-refractivity contribution >= 4 is 11.5 Å². The van der Waals surface area contributed by atoms with Crippen LogP contribution in [0.1, 0.15) is 47.9 Å². The average molecular weight is 288 g/mol. The van der Waals surface area contributed by atoms with E-state index in [0.29, 0.717) is 24.0 Å². The van der Waals surface area contributed by atoms with E-state index < -0.39 is 11.6 Å². The van der Waals surface area contributed by atoms with Crippen LogP contribution < -0.4 is 0 Å². The van der Waals surface area contributed by atoms with Crippen LogP contribution in [0.4, 0.5) is 0 Å². The van der Waals surface area contributed by atoms with Gasteiger partial charge in [0.1, 0.15) is 5.57 Å². The molecule has 1 saturated carbocycles. The lowest BCUT2D eigenvalue weighted by Crippen LogP contribution is -2.27. The van der Waals surface area contributed by atoms with Crippen molar-refractivity contribution in [1.82, 2.24) is 0 Å². The molecule has 1 aromatic carbocycles. The molecule has 1 aliphatic carbocycles. The van der Waals surface area contributed by atoms with E-state index in [0.717, 1.165) is 24.0 Å². The molecule has 2 aliphatic rings. The lowest BCUT2D eigenvalue weighted by Gasteiger charge is -2.21. The maximum absolute atomic E-state index is 12.3. The zero-order chi connectivity index (χ0) is 15.2. The van der Waals surface area contributed by atoms with E-state index in [-0.39, 0.29) is 17.9 Å². The van der Waals surface area contributed by atoms with Crippen molar-refractivity contribution in [1.29, 1.82) is 0 Å². The maximum atomic E-state index is 12.3. The van der Waals surface area contributed by atoms with Gasteiger partial charge in [-0.3, -0.25) is 0 Å². The summed E-state index contributed by atoms with van der Waals surface area (Å²) in [5, 5.41) is 20.2. The van der Waals surface area contributed by atoms with Crippen molar-refractivity contribution in [3.63, 3.8) is 0 Å². The Morgan fingerprint density at radius 1 is 1.24 bits per heavy atom. The van der Waals surface area contributed by atoms with Crippen LogP contribution in [0.5, 0.6) is 0 Å². The standard InChI is InChI=1S/C17H20O4/c1-10-7-11(2)13(12(8-10)9-18)14-15(19)17(21-16(14)20)5-3-4-6-17/h7-8,18-19H,3-6,9H2,1-2H3. The van der Waals surface area contributed by atoms with Gasteiger partial charge in [-0.1, -0.05) is 17.7 Å². The molecule has 0 atom stereocenters. The monoisotopic (exact) mass is 288 g/mol. The van der Waals surface area contributed by atoms with Gasteiger partial charge in [-0.25, -0.2) is 4.79 Å². The van der Waals surface area contributed by atoms with Gasteiger partial charge in [0.05, 0.1) is 6.61 Å². The Labute approximate surface area is 124 Å². The van der Waals surface area contributed by atoms with Crippen molar-refractivity contribution in [3.8, 4) is 0 Å². The van der Waals surface area contributed by atoms with E-state index in [1.165, 1.54) is 0 Å². The predicted octanol–water partition coefficient (Wildman–Crippen LogP) is 2.93. The largest absolute Gasteiger partial charge is 0.507 e. The third-order valence-corrected chi connectivity index (χ3v) is 4.55. The van der Waals surface area contributed by atoms with Gasteiger partial charge in [0, 0.05) is 5.56 Å². The minimum atomic E-state index is -0.823. The highest BCUT2D eigenvalue weighted by atomic mass is 16.6. The van der Waals surface area contributed by atoms with E-state index in [1.807, 2.05) is 26.0 Å². The van der Waals surface area contributed by atoms with Crippen molar-refractivity contribution in [2.24, 2.45) is 0 Å². The highest BCUT2D eigenvalue weighted by Crippen LogP contribution is 2.47. The zero-order valence-electron chi connectivity index (χ0n) is 12.4. The summed E-state index contributed by atoms with van der Waals surface area (Å²) >= 11 is 0. The number of ether oxygens (including phenoxy) is 1. The second-order valence-electron chi connectivity index (χ2n) is 6.09. The van der Waals surface area contributed by atoms with E-state index in [4.69, 9.17) is 4.74 Å². The molecule has 0 bridgehead atoms. The Morgan fingerprint density at radius 3 is 2.52 bits per heavy atom. The van der Waals surface area contributed by atoms with Crippen molar-refractivity contribution < 1.29 is 19.7 Å². The highest BCUT2D eigenvalue weighted by molar-refractivity contribution is 6.20. The smallest absolute Gasteiger partial charge is 0.343 e. The fraction of sp³-hybridized carbons (Fsp3) is 0.471. The molecule has 3 rings (SSSR count). The summed E-state index contributed by atoms with van der Waals surface area (Å²) < 4.78 is 5.53. The molecule has 112 valence electrons. The molecule has 0 unspecified atom stereocenters. The molecule has 4 heteroatoms. The first-order valence-electron chi connectivity index (χ1n) is 7.37. The van der Waals surface area contributed by atoms with Crippen LogP contribution in [0.2, 0.25) is 0 Å². The van der Waals surface area contributed by atoms with Crippen LogP contribution >= 0.6 is 0 Å². The molecule has 0 aromatic heterocycles. The summed E-state index contributed by atoms with van der Waals surface area (Å²) in [4.78, 5) is 12.3. The van der Waals surface area contributed by atoms with Gasteiger partial charge < -0.3 is 14.9 Å². The molecule has 1 fully saturated rings. The third-order valence-electron chi connectivity index (χ3n) is 4.55. The first-order valence-corrected chi connectivity index (χ1v) is 7.37. The zero-order valence-corrected chi connectivity index (χ0v) is 12.4. The number of esters is 1. The van der Waals surface area contributed by atoms with E-state index >= 15 is 0 Å². The molecule has 0 amide bonds. The first-order chi connectivity index (χ1) is 9.98. The molecule has 1 aromatic rings. The van der Waals surface area contributed by atoms with Gasteiger partial charge in [0.15, 0.2) is 11.4 Å². The first kappa shape index (κ1) is 14.1. The van der Waals surface area contributed by atoms with Crippen molar-refractivity contribution in [2.75, 3.05) is 0 Å². The third kappa shape index (κ3) is 2.05. The van der Waals surface area contributed by atoms with Crippen LogP contribution in [-0.4, -0.2) is 21.8 Å². The molecular formula is C17H20O4. The number of hydrogen-bond donors (Lipinski definition) is 2. The summed E-state index contributed by atoms with van der Waals surface area (Å²) in [5.74, 6) is -0.428. The Bertz CT molecular complexity index is 636. The molecular weight excluding hydrogens is 268 g/mol. The van der Waals surface area contributed by atoms with E-state index in [9.17, 15) is 15.0 Å². The lowest BCUT2D eigenvalue weighted by atomic mass is 9.90. The SMILES string of the molecule is Cc1cc(C)c(C2=C(O)C3(CCCC3)OC2=O)c(CO)c1. The molecule has 21 heavy (non-hydrogen) atoms. The Morgan fingerprint density at radius 2 is 1.90 bits per heavy atom. The number of aliphatic hydroxyl groups excluding tert-OH is 2. The Hall–Kier alpha value is -1.81. The van der Waals surface area contributed by atoms with Gasteiger partial charge in [-0.15, -0.1) is 0 Å². The predicted molar refractivity (Wildman–Crippen MR) is 78.7 cm³/mol. The molecule has 0 radical (unpaired) electrons. The minimum absolute atomic E-state index is 0.0478. The number of benzene rings is 1. The van der Waals surface area contributed by atoms with Gasteiger partial charge in [-0.05, 0) is 50.7 Å². The molecule has 1 spiro atoms. The number of aliphatic hydroxyl groups is 2. The maximum Gasteiger partial charge on any atom is 0.343 e. The van der Waals surface area contributed by atoms with E-state index in [1.54, 1.807) is 0 Å². The van der Waals surface area contributed by atoms with Crippen molar-refractivity contribution in [2.45, 2.75) is 51.7 Å². The minimum Gasteiger partial charge on any atom is -0.507 e. The summed E-state index contributed by atoms with van der Waals surface area (Å²) in [6.07, 6.45) is 3.25. The van der Waals surface area contributed by atoms with Crippen molar-refractivity contribution in [3.05, 3.63) is 40.1 Å². The molecule has 1 aliphatic heterocycles. The van der Waals surface area contributed by atoms with Gasteiger partial charge in [-0.2, -0.15) is 0 Å². The summed E-state index contributed by atoms with van der Waals surface area (Å²) in [5.41, 5.74) is 2.57. The Kier molecular flexibility index (Phi) is 3.29. The van der Waals surface area contributed by atoms with E-state index in [2.05, 4.69) is 0 Å². The molecule has 1 heterocycles. The fourth-order valence-corrected chi connectivity index (χ4v) is 3.64. The van der Waals surface area contributed by atoms with Gasteiger partial charge in [0.25, 0.3) is 0 Å². The summed E-state index contributed by atoms with van der Waals surface area (Å²) in [6, 6.07) is 3.79. The van der Waals surface area contributed by atoms with Crippen LogP contribution in [-0.2, 0) is 16.1 Å². The summed E-state index contributed by atoms with van der Waals surface area (Å²) in [6.45, 7) is 3.65. The second-order valence-corrected chi connectivity index (χ2v) is 6.09. The Balaban J connectivity index is 2.20. The quantitative estimate of drug-likeness (QED) is 0.821. The number of aryl methyl sites for hydroxylation is 2. The van der Waals surface area contributed by atoms with Crippen LogP contribution in [0.3, 0.4) is 0 Å². The number of hydrogen-bond acceptors (Lipinski definition) is 4. The topological polar surface area (TPSA) is 66.8 Å². The number of carbonyl (C=O) groups excluding carboxylic acids is 1. The highest BCUT2D eigenvalue weighted by Gasteiger charge is 2.50. The molecule has 4 nitrogen and oxygen atoms in total. The van der Waals surface area contributed by atoms with Gasteiger partial charge >= 0.3 is 5.97 Å². The second kappa shape index (κ2) is 4.88. The van der Waals surface area contributed by atoms with Crippen LogP contribution in [0, 0.1) is 13.8 Å². The summed E-state index contributed by atoms with van der Waals surface area (Å²) in [7, 11) is 0. The van der Waals surface area contributed by atoms with Gasteiger partial charge in [0.2, 0.25) is 0 Å².